The number of benzene rings is 1. The molecule has 0 atom stereocenters. The van der Waals surface area contributed by atoms with Crippen molar-refractivity contribution in [1.82, 2.24) is 4.57 Å². The highest BCUT2D eigenvalue weighted by molar-refractivity contribution is 7.10. The second-order valence-corrected chi connectivity index (χ2v) is 7.60. The number of hydrogen-bond acceptors (Lipinski definition) is 6. The van der Waals surface area contributed by atoms with Gasteiger partial charge in [-0.05, 0) is 32.9 Å². The van der Waals surface area contributed by atoms with Crippen LogP contribution in [0.1, 0.15) is 31.2 Å². The van der Waals surface area contributed by atoms with Crippen LogP contribution in [0.5, 0.6) is 5.88 Å². The highest BCUT2D eigenvalue weighted by Crippen LogP contribution is 2.34. The standard InChI is InChI=1S/C18H18N2O4S/c1-18(2,3)24-15(21)10-20-16(22)14(25-17(20)23)8-11-9-19-13-7-5-4-6-12(11)13/h4-9,22H,10H2,1-3H3. The van der Waals surface area contributed by atoms with E-state index in [1.807, 2.05) is 24.3 Å². The molecule has 0 bridgehead atoms. The van der Waals surface area contributed by atoms with Gasteiger partial charge in [-0.15, -0.1) is 0 Å². The molecule has 0 unspecified atom stereocenters. The van der Waals surface area contributed by atoms with E-state index < -0.39 is 16.4 Å². The Bertz CT molecular complexity index is 945. The second-order valence-electron chi connectivity index (χ2n) is 6.60. The minimum absolute atomic E-state index is 0.244. The van der Waals surface area contributed by atoms with Crippen molar-refractivity contribution in [3.63, 3.8) is 0 Å². The van der Waals surface area contributed by atoms with E-state index in [0.717, 1.165) is 32.7 Å². The highest BCUT2D eigenvalue weighted by atomic mass is 32.1. The molecule has 2 heterocycles. The first-order valence-electron chi connectivity index (χ1n) is 7.74. The number of fused-ring (bicyclic) bond motifs is 1. The molecule has 7 heteroatoms. The number of carbonyl (C=O) groups is 1. The predicted molar refractivity (Wildman–Crippen MR) is 98.6 cm³/mol. The average Bonchev–Trinajstić information content (AvgIpc) is 3.03. The maximum absolute atomic E-state index is 12.1. The van der Waals surface area contributed by atoms with Crippen molar-refractivity contribution in [1.29, 1.82) is 0 Å². The molecule has 0 amide bonds. The number of rotatable bonds is 3. The summed E-state index contributed by atoms with van der Waals surface area (Å²) in [6.07, 6.45) is 3.38. The Morgan fingerprint density at radius 3 is 2.80 bits per heavy atom. The summed E-state index contributed by atoms with van der Waals surface area (Å²) in [7, 11) is 0. The SMILES string of the molecule is CC(C)(C)OC(=O)Cn1c(O)c(C=C2C=Nc3ccccc32)sc1=O. The molecular weight excluding hydrogens is 340 g/mol. The van der Waals surface area contributed by atoms with E-state index in [2.05, 4.69) is 4.99 Å². The highest BCUT2D eigenvalue weighted by Gasteiger charge is 2.21. The lowest BCUT2D eigenvalue weighted by Crippen LogP contribution is -2.28. The molecule has 0 fully saturated rings. The maximum atomic E-state index is 12.1. The fraction of sp³-hybridized carbons (Fsp3) is 0.278. The van der Waals surface area contributed by atoms with E-state index >= 15 is 0 Å². The summed E-state index contributed by atoms with van der Waals surface area (Å²) >= 11 is 0.874. The van der Waals surface area contributed by atoms with Crippen LogP contribution in [0.3, 0.4) is 0 Å². The number of carbonyl (C=O) groups excluding carboxylic acids is 1. The monoisotopic (exact) mass is 358 g/mol. The van der Waals surface area contributed by atoms with Crippen LogP contribution < -0.4 is 4.87 Å². The Kier molecular flexibility index (Phi) is 4.34. The summed E-state index contributed by atoms with van der Waals surface area (Å²) in [6, 6.07) is 7.61. The minimum Gasteiger partial charge on any atom is -0.493 e. The van der Waals surface area contributed by atoms with Gasteiger partial charge in [0, 0.05) is 17.4 Å². The van der Waals surface area contributed by atoms with Crippen molar-refractivity contribution in [3.05, 3.63) is 44.4 Å². The van der Waals surface area contributed by atoms with Crippen LogP contribution in [-0.4, -0.2) is 27.5 Å². The Labute approximate surface area is 148 Å². The molecule has 25 heavy (non-hydrogen) atoms. The molecule has 1 aliphatic heterocycles. The van der Waals surface area contributed by atoms with Gasteiger partial charge in [0.2, 0.25) is 5.88 Å². The molecular formula is C18H18N2O4S. The predicted octanol–water partition coefficient (Wildman–Crippen LogP) is 3.21. The van der Waals surface area contributed by atoms with Crippen molar-refractivity contribution in [2.24, 2.45) is 4.99 Å². The normalized spacial score (nSPS) is 14.8. The van der Waals surface area contributed by atoms with Crippen LogP contribution >= 0.6 is 11.3 Å². The van der Waals surface area contributed by atoms with E-state index in [1.54, 1.807) is 33.1 Å². The number of nitrogens with zero attached hydrogens (tertiary/aromatic N) is 2. The number of allylic oxidation sites excluding steroid dienone is 1. The second kappa shape index (κ2) is 6.33. The molecule has 0 aliphatic carbocycles. The van der Waals surface area contributed by atoms with Crippen LogP contribution in [0.15, 0.2) is 34.1 Å². The fourth-order valence-electron chi connectivity index (χ4n) is 2.45. The Morgan fingerprint density at radius 2 is 2.08 bits per heavy atom. The van der Waals surface area contributed by atoms with Crippen molar-refractivity contribution in [3.8, 4) is 5.88 Å². The van der Waals surface area contributed by atoms with Gasteiger partial charge < -0.3 is 9.84 Å². The summed E-state index contributed by atoms with van der Waals surface area (Å²) in [5.74, 6) is -0.819. The summed E-state index contributed by atoms with van der Waals surface area (Å²) in [5.41, 5.74) is 1.92. The van der Waals surface area contributed by atoms with Crippen LogP contribution in [0.25, 0.3) is 11.6 Å². The number of thiazole rings is 1. The number of hydrogen-bond donors (Lipinski definition) is 1. The summed E-state index contributed by atoms with van der Waals surface area (Å²) in [5, 5.41) is 10.3. The molecule has 2 aromatic rings. The lowest BCUT2D eigenvalue weighted by atomic mass is 10.1. The zero-order chi connectivity index (χ0) is 18.2. The molecule has 0 radical (unpaired) electrons. The largest absolute Gasteiger partial charge is 0.493 e. The molecule has 6 nitrogen and oxygen atoms in total. The molecule has 1 aliphatic rings. The lowest BCUT2D eigenvalue weighted by molar-refractivity contribution is -0.155. The van der Waals surface area contributed by atoms with Gasteiger partial charge in [-0.3, -0.25) is 19.1 Å². The summed E-state index contributed by atoms with van der Waals surface area (Å²) in [6.45, 7) is 4.90. The first-order chi connectivity index (χ1) is 11.7. The zero-order valence-corrected chi connectivity index (χ0v) is 15.0. The zero-order valence-electron chi connectivity index (χ0n) is 14.1. The quantitative estimate of drug-likeness (QED) is 0.854. The van der Waals surface area contributed by atoms with Crippen molar-refractivity contribution in [2.45, 2.75) is 32.9 Å². The molecule has 3 rings (SSSR count). The molecule has 0 saturated carbocycles. The average molecular weight is 358 g/mol. The van der Waals surface area contributed by atoms with Gasteiger partial charge >= 0.3 is 10.8 Å². The number of esters is 1. The van der Waals surface area contributed by atoms with Gasteiger partial charge in [-0.2, -0.15) is 0 Å². The van der Waals surface area contributed by atoms with Crippen LogP contribution in [0.2, 0.25) is 0 Å². The molecule has 0 saturated heterocycles. The van der Waals surface area contributed by atoms with Crippen LogP contribution in [0.4, 0.5) is 5.69 Å². The fourth-order valence-corrected chi connectivity index (χ4v) is 3.28. The van der Waals surface area contributed by atoms with E-state index in [1.165, 1.54) is 0 Å². The number of aliphatic imine (C=N–C) groups is 1. The third-order valence-corrected chi connectivity index (χ3v) is 4.36. The number of para-hydroxylation sites is 1. The van der Waals surface area contributed by atoms with Crippen molar-refractivity contribution in [2.75, 3.05) is 0 Å². The molecule has 1 N–H and O–H groups in total. The minimum atomic E-state index is -0.652. The maximum Gasteiger partial charge on any atom is 0.326 e. The molecule has 1 aromatic heterocycles. The number of aromatic nitrogens is 1. The van der Waals surface area contributed by atoms with E-state index in [0.29, 0.717) is 4.88 Å². The molecule has 0 spiro atoms. The topological polar surface area (TPSA) is 80.9 Å². The third kappa shape index (κ3) is 3.71. The number of ether oxygens (including phenoxy) is 1. The summed E-state index contributed by atoms with van der Waals surface area (Å²) in [4.78, 5) is 28.3. The Hall–Kier alpha value is -2.67. The van der Waals surface area contributed by atoms with Gasteiger partial charge in [-0.25, -0.2) is 0 Å². The van der Waals surface area contributed by atoms with E-state index in [9.17, 15) is 14.7 Å². The smallest absolute Gasteiger partial charge is 0.326 e. The summed E-state index contributed by atoms with van der Waals surface area (Å²) < 4.78 is 6.22. The van der Waals surface area contributed by atoms with E-state index in [4.69, 9.17) is 4.74 Å². The van der Waals surface area contributed by atoms with Gasteiger partial charge in [0.25, 0.3) is 0 Å². The Morgan fingerprint density at radius 1 is 1.36 bits per heavy atom. The van der Waals surface area contributed by atoms with Crippen molar-refractivity contribution < 1.29 is 14.6 Å². The van der Waals surface area contributed by atoms with E-state index in [-0.39, 0.29) is 12.4 Å². The molecule has 130 valence electrons. The third-order valence-electron chi connectivity index (χ3n) is 3.45. The van der Waals surface area contributed by atoms with Crippen LogP contribution in [-0.2, 0) is 16.1 Å². The van der Waals surface area contributed by atoms with Gasteiger partial charge in [0.05, 0.1) is 10.6 Å². The number of aromatic hydroxyl groups is 1. The first kappa shape index (κ1) is 17.2. The van der Waals surface area contributed by atoms with Gasteiger partial charge in [0.1, 0.15) is 12.1 Å². The lowest BCUT2D eigenvalue weighted by Gasteiger charge is -2.19. The first-order valence-corrected chi connectivity index (χ1v) is 8.56. The Balaban J connectivity index is 1.89. The van der Waals surface area contributed by atoms with Gasteiger partial charge in [-0.1, -0.05) is 29.5 Å². The van der Waals surface area contributed by atoms with Gasteiger partial charge in [0.15, 0.2) is 0 Å². The molecule has 1 aromatic carbocycles. The van der Waals surface area contributed by atoms with Crippen LogP contribution in [0, 0.1) is 0 Å². The van der Waals surface area contributed by atoms with Crippen molar-refractivity contribution >= 4 is 40.9 Å².